The van der Waals surface area contributed by atoms with Crippen LogP contribution in [0.2, 0.25) is 4.34 Å². The summed E-state index contributed by atoms with van der Waals surface area (Å²) in [5.41, 5.74) is 4.08. The van der Waals surface area contributed by atoms with Crippen LogP contribution in [0.3, 0.4) is 0 Å². The van der Waals surface area contributed by atoms with Gasteiger partial charge in [-0.25, -0.2) is 0 Å². The summed E-state index contributed by atoms with van der Waals surface area (Å²) in [7, 11) is 2.12. The molecule has 1 aromatic heterocycles. The van der Waals surface area contributed by atoms with E-state index in [1.165, 1.54) is 11.1 Å². The van der Waals surface area contributed by atoms with Crippen molar-refractivity contribution in [1.29, 1.82) is 0 Å². The van der Waals surface area contributed by atoms with Gasteiger partial charge in [0.2, 0.25) is 5.91 Å². The van der Waals surface area contributed by atoms with Gasteiger partial charge in [0.15, 0.2) is 0 Å². The summed E-state index contributed by atoms with van der Waals surface area (Å²) in [6.45, 7) is 2.00. The van der Waals surface area contributed by atoms with E-state index >= 15 is 0 Å². The molecule has 0 spiro atoms. The highest BCUT2D eigenvalue weighted by molar-refractivity contribution is 7.18. The maximum absolute atomic E-state index is 13.2. The van der Waals surface area contributed by atoms with Gasteiger partial charge in [0.05, 0.1) is 9.21 Å². The molecule has 0 unspecified atom stereocenters. The van der Waals surface area contributed by atoms with E-state index in [0.29, 0.717) is 14.9 Å². The molecule has 172 valence electrons. The van der Waals surface area contributed by atoms with Crippen LogP contribution in [0, 0.1) is 0 Å². The smallest absolute Gasteiger partial charge is 0.262 e. The van der Waals surface area contributed by atoms with Gasteiger partial charge in [-0.2, -0.15) is 0 Å². The van der Waals surface area contributed by atoms with Crippen molar-refractivity contribution in [1.82, 2.24) is 10.2 Å². The van der Waals surface area contributed by atoms with Crippen LogP contribution in [-0.2, 0) is 24.1 Å². The molecule has 8 heteroatoms. The fourth-order valence-electron chi connectivity index (χ4n) is 3.89. The van der Waals surface area contributed by atoms with E-state index in [1.54, 1.807) is 36.4 Å². The first kappa shape index (κ1) is 23.3. The van der Waals surface area contributed by atoms with E-state index in [-0.39, 0.29) is 24.0 Å². The molecule has 2 aromatic carbocycles. The monoisotopic (exact) mass is 483 g/mol. The van der Waals surface area contributed by atoms with Crippen LogP contribution in [0.25, 0.3) is 0 Å². The fourth-order valence-corrected chi connectivity index (χ4v) is 4.83. The number of phenolic OH excluding ortho intramolecular Hbond substituents is 1. The van der Waals surface area contributed by atoms with Crippen LogP contribution >= 0.6 is 22.9 Å². The summed E-state index contributed by atoms with van der Waals surface area (Å²) in [4.78, 5) is 28.7. The van der Waals surface area contributed by atoms with Gasteiger partial charge in [-0.15, -0.1) is 11.3 Å². The Kier molecular flexibility index (Phi) is 7.33. The number of halogens is 1. The van der Waals surface area contributed by atoms with E-state index in [9.17, 15) is 14.7 Å². The number of anilines is 1. The third-order valence-electron chi connectivity index (χ3n) is 5.79. The number of likely N-dealkylation sites (N-methyl/N-ethyl adjacent to an activating group) is 1. The van der Waals surface area contributed by atoms with Crippen LogP contribution in [0.15, 0.2) is 54.6 Å². The van der Waals surface area contributed by atoms with Crippen molar-refractivity contribution in [2.75, 3.05) is 25.5 Å². The average Bonchev–Trinajstić information content (AvgIpc) is 3.15. The van der Waals surface area contributed by atoms with Crippen molar-refractivity contribution >= 4 is 40.4 Å². The quantitative estimate of drug-likeness (QED) is 0.492. The molecule has 0 aliphatic carbocycles. The van der Waals surface area contributed by atoms with E-state index in [4.69, 9.17) is 11.6 Å². The Morgan fingerprint density at radius 2 is 1.79 bits per heavy atom. The zero-order chi connectivity index (χ0) is 23.4. The number of nitrogens with zero attached hydrogens (tertiary/aromatic N) is 1. The number of hydrogen-bond acceptors (Lipinski definition) is 5. The van der Waals surface area contributed by atoms with Crippen molar-refractivity contribution in [3.8, 4) is 5.75 Å². The number of thiophene rings is 1. The van der Waals surface area contributed by atoms with Crippen LogP contribution in [0.4, 0.5) is 5.69 Å². The summed E-state index contributed by atoms with van der Waals surface area (Å²) in [6, 6.07) is 15.1. The lowest BCUT2D eigenvalue weighted by molar-refractivity contribution is -0.118. The number of carbonyl (C=O) groups excluding carboxylic acids is 2. The molecule has 0 saturated carbocycles. The first-order valence-corrected chi connectivity index (χ1v) is 12.0. The first-order chi connectivity index (χ1) is 15.9. The molecular weight excluding hydrogens is 458 g/mol. The maximum Gasteiger partial charge on any atom is 0.262 e. The minimum atomic E-state index is -0.798. The lowest BCUT2D eigenvalue weighted by Gasteiger charge is -2.19. The number of nitrogens with one attached hydrogen (secondary N) is 2. The van der Waals surface area contributed by atoms with Gasteiger partial charge < -0.3 is 20.6 Å². The molecular formula is C25H26ClN3O3S. The van der Waals surface area contributed by atoms with Crippen molar-refractivity contribution in [3.05, 3.63) is 80.5 Å². The van der Waals surface area contributed by atoms with E-state index < -0.39 is 6.04 Å². The van der Waals surface area contributed by atoms with E-state index in [2.05, 4.69) is 28.6 Å². The Hall–Kier alpha value is -2.87. The van der Waals surface area contributed by atoms with Crippen molar-refractivity contribution in [2.45, 2.75) is 25.3 Å². The van der Waals surface area contributed by atoms with Gasteiger partial charge in [-0.1, -0.05) is 29.8 Å². The third-order valence-corrected chi connectivity index (χ3v) is 7.02. The summed E-state index contributed by atoms with van der Waals surface area (Å²) in [5.74, 6) is -0.506. The molecule has 2 heterocycles. The molecule has 3 aromatic rings. The Morgan fingerprint density at radius 1 is 1.06 bits per heavy atom. The number of amides is 2. The highest BCUT2D eigenvalue weighted by Crippen LogP contribution is 2.23. The lowest BCUT2D eigenvalue weighted by atomic mass is 10.0. The topological polar surface area (TPSA) is 81.7 Å². The van der Waals surface area contributed by atoms with Crippen molar-refractivity contribution < 1.29 is 14.7 Å². The minimum Gasteiger partial charge on any atom is -0.508 e. The predicted octanol–water partition coefficient (Wildman–Crippen LogP) is 4.12. The van der Waals surface area contributed by atoms with Gasteiger partial charge in [0, 0.05) is 25.2 Å². The third kappa shape index (κ3) is 6.13. The molecule has 33 heavy (non-hydrogen) atoms. The number of fused-ring (bicyclic) bond motifs is 1. The number of benzene rings is 2. The van der Waals surface area contributed by atoms with Gasteiger partial charge in [-0.05, 0) is 73.0 Å². The molecule has 1 atom stereocenters. The average molecular weight is 484 g/mol. The second kappa shape index (κ2) is 10.4. The summed E-state index contributed by atoms with van der Waals surface area (Å²) < 4.78 is 0.510. The summed E-state index contributed by atoms with van der Waals surface area (Å²) >= 11 is 7.13. The number of rotatable bonds is 6. The highest BCUT2D eigenvalue weighted by Gasteiger charge is 2.23. The zero-order valence-corrected chi connectivity index (χ0v) is 19.9. The Morgan fingerprint density at radius 3 is 2.48 bits per heavy atom. The Labute approximate surface area is 202 Å². The molecule has 0 bridgehead atoms. The van der Waals surface area contributed by atoms with Crippen LogP contribution < -0.4 is 10.6 Å². The molecule has 1 aliphatic heterocycles. The Bertz CT molecular complexity index is 1150. The molecule has 3 N–H and O–H groups in total. The molecule has 1 aliphatic rings. The van der Waals surface area contributed by atoms with E-state index in [1.807, 2.05) is 12.1 Å². The maximum atomic E-state index is 13.2. The van der Waals surface area contributed by atoms with Crippen LogP contribution in [0.5, 0.6) is 5.75 Å². The van der Waals surface area contributed by atoms with Gasteiger partial charge >= 0.3 is 0 Å². The molecule has 0 fully saturated rings. The second-order valence-corrected chi connectivity index (χ2v) is 9.99. The first-order valence-electron chi connectivity index (χ1n) is 10.8. The zero-order valence-electron chi connectivity index (χ0n) is 18.3. The summed E-state index contributed by atoms with van der Waals surface area (Å²) in [6.07, 6.45) is 2.21. The number of phenols is 1. The molecule has 0 radical (unpaired) electrons. The molecule has 0 saturated heterocycles. The Balaban J connectivity index is 1.52. The minimum absolute atomic E-state index is 0.146. The van der Waals surface area contributed by atoms with Gasteiger partial charge in [0.1, 0.15) is 11.8 Å². The standard InChI is InChI=1S/C25H26ClN3O3S/c1-29-12-10-17-4-5-19(15-18(17)11-13-29)27-24(31)21(14-16-2-6-20(30)7-3-16)28-25(32)22-8-9-23(26)33-22/h2-9,15,21,30H,10-14H2,1H3,(H,27,31)(H,28,32)/t21-/m1/s1. The number of carbonyl (C=O) groups is 2. The van der Waals surface area contributed by atoms with Gasteiger partial charge in [-0.3, -0.25) is 9.59 Å². The van der Waals surface area contributed by atoms with Crippen molar-refractivity contribution in [3.63, 3.8) is 0 Å². The van der Waals surface area contributed by atoms with Crippen LogP contribution in [-0.4, -0.2) is 48.0 Å². The normalized spacial score (nSPS) is 14.7. The number of aromatic hydroxyl groups is 1. The largest absolute Gasteiger partial charge is 0.508 e. The van der Waals surface area contributed by atoms with Crippen molar-refractivity contribution in [2.24, 2.45) is 0 Å². The van der Waals surface area contributed by atoms with Crippen LogP contribution in [0.1, 0.15) is 26.4 Å². The highest BCUT2D eigenvalue weighted by atomic mass is 35.5. The molecule has 6 nitrogen and oxygen atoms in total. The lowest BCUT2D eigenvalue weighted by Crippen LogP contribution is -2.45. The number of hydrogen-bond donors (Lipinski definition) is 3. The van der Waals surface area contributed by atoms with Gasteiger partial charge in [0.25, 0.3) is 5.91 Å². The molecule has 4 rings (SSSR count). The second-order valence-electron chi connectivity index (χ2n) is 8.28. The van der Waals surface area contributed by atoms with E-state index in [0.717, 1.165) is 42.8 Å². The predicted molar refractivity (Wildman–Crippen MR) is 132 cm³/mol. The fraction of sp³-hybridized carbons (Fsp3) is 0.280. The SMILES string of the molecule is CN1CCc2ccc(NC(=O)[C@@H](Cc3ccc(O)cc3)NC(=O)c3ccc(Cl)s3)cc2CC1. The summed E-state index contributed by atoms with van der Waals surface area (Å²) in [5, 5.41) is 15.4. The molecule has 2 amide bonds.